The molecule has 0 aliphatic carbocycles. The predicted molar refractivity (Wildman–Crippen MR) is 76.5 cm³/mol. The minimum atomic E-state index is -0.0582. The van der Waals surface area contributed by atoms with Crippen LogP contribution in [-0.4, -0.2) is 49.0 Å². The van der Waals surface area contributed by atoms with Gasteiger partial charge in [0.25, 0.3) is 5.91 Å². The number of rotatable bonds is 4. The number of hydrogen-bond acceptors (Lipinski definition) is 4. The van der Waals surface area contributed by atoms with Gasteiger partial charge >= 0.3 is 0 Å². The van der Waals surface area contributed by atoms with Crippen molar-refractivity contribution in [3.8, 4) is 0 Å². The number of carbonyl (C=O) groups is 1. The van der Waals surface area contributed by atoms with E-state index >= 15 is 0 Å². The van der Waals surface area contributed by atoms with Gasteiger partial charge in [0.1, 0.15) is 0 Å². The fourth-order valence-electron chi connectivity index (χ4n) is 2.49. The van der Waals surface area contributed by atoms with E-state index in [0.29, 0.717) is 18.2 Å². The van der Waals surface area contributed by atoms with Gasteiger partial charge in [-0.15, -0.1) is 0 Å². The first-order valence-corrected chi connectivity index (χ1v) is 6.74. The van der Waals surface area contributed by atoms with Crippen LogP contribution in [0.5, 0.6) is 0 Å². The molecule has 0 bridgehead atoms. The average molecular weight is 262 g/mol. The lowest BCUT2D eigenvalue weighted by Gasteiger charge is -2.20. The fraction of sp³-hybridized carbons (Fsp3) is 0.571. The Labute approximate surface area is 114 Å². The van der Waals surface area contributed by atoms with Crippen molar-refractivity contribution in [2.24, 2.45) is 0 Å². The van der Waals surface area contributed by atoms with Gasteiger partial charge in [-0.3, -0.25) is 9.78 Å². The lowest BCUT2D eigenvalue weighted by molar-refractivity contribution is 0.0944. The predicted octanol–water partition coefficient (Wildman–Crippen LogP) is 1.26. The van der Waals surface area contributed by atoms with E-state index in [1.54, 1.807) is 6.20 Å². The number of likely N-dealkylation sites (N-methyl/N-ethyl adjacent to an activating group) is 1. The molecule has 104 valence electrons. The Balaban J connectivity index is 1.99. The van der Waals surface area contributed by atoms with Gasteiger partial charge in [-0.25, -0.2) is 0 Å². The van der Waals surface area contributed by atoms with E-state index in [1.807, 2.05) is 20.0 Å². The molecule has 5 heteroatoms. The zero-order valence-electron chi connectivity index (χ0n) is 11.9. The number of aryl methyl sites for hydroxylation is 1. The molecule has 0 saturated carbocycles. The normalized spacial score (nSPS) is 19.4. The zero-order valence-corrected chi connectivity index (χ0v) is 11.9. The summed E-state index contributed by atoms with van der Waals surface area (Å²) >= 11 is 0. The minimum Gasteiger partial charge on any atom is -0.387 e. The molecule has 1 atom stereocenters. The first-order chi connectivity index (χ1) is 9.11. The van der Waals surface area contributed by atoms with Crippen LogP contribution in [0.25, 0.3) is 0 Å². The van der Waals surface area contributed by atoms with Gasteiger partial charge in [0.2, 0.25) is 0 Å². The number of aromatic nitrogens is 1. The molecule has 5 nitrogen and oxygen atoms in total. The van der Waals surface area contributed by atoms with Gasteiger partial charge in [0, 0.05) is 31.5 Å². The summed E-state index contributed by atoms with van der Waals surface area (Å²) in [6, 6.07) is 2.34. The van der Waals surface area contributed by atoms with Crippen LogP contribution in [0.1, 0.15) is 28.9 Å². The summed E-state index contributed by atoms with van der Waals surface area (Å²) in [4.78, 5) is 18.7. The molecule has 2 N–H and O–H groups in total. The van der Waals surface area contributed by atoms with Gasteiger partial charge in [0.15, 0.2) is 0 Å². The number of likely N-dealkylation sites (tertiary alicyclic amines) is 1. The second-order valence-electron chi connectivity index (χ2n) is 5.11. The van der Waals surface area contributed by atoms with Crippen LogP contribution in [0.3, 0.4) is 0 Å². The number of carbonyl (C=O) groups excluding carboxylic acids is 1. The maximum absolute atomic E-state index is 12.2. The third kappa shape index (κ3) is 3.23. The summed E-state index contributed by atoms with van der Waals surface area (Å²) in [6.45, 7) is 3.73. The van der Waals surface area contributed by atoms with Crippen LogP contribution in [0.4, 0.5) is 5.69 Å². The molecule has 0 spiro atoms. The van der Waals surface area contributed by atoms with E-state index < -0.39 is 0 Å². The monoisotopic (exact) mass is 262 g/mol. The number of amides is 1. The van der Waals surface area contributed by atoms with Crippen molar-refractivity contribution in [3.05, 3.63) is 23.5 Å². The minimum absolute atomic E-state index is 0.0582. The van der Waals surface area contributed by atoms with E-state index in [9.17, 15) is 4.79 Å². The number of nitrogens with zero attached hydrogens (tertiary/aromatic N) is 2. The van der Waals surface area contributed by atoms with E-state index in [2.05, 4.69) is 27.6 Å². The molecule has 1 unspecified atom stereocenters. The number of pyridine rings is 1. The Morgan fingerprint density at radius 3 is 3.00 bits per heavy atom. The maximum Gasteiger partial charge on any atom is 0.255 e. The first-order valence-electron chi connectivity index (χ1n) is 6.74. The van der Waals surface area contributed by atoms with Crippen LogP contribution in [0.2, 0.25) is 0 Å². The summed E-state index contributed by atoms with van der Waals surface area (Å²) in [6.07, 6.45) is 4.00. The molecule has 0 radical (unpaired) electrons. The molecule has 2 rings (SSSR count). The van der Waals surface area contributed by atoms with E-state index in [4.69, 9.17) is 0 Å². The van der Waals surface area contributed by atoms with Gasteiger partial charge in [-0.2, -0.15) is 0 Å². The zero-order chi connectivity index (χ0) is 13.8. The Morgan fingerprint density at radius 1 is 1.58 bits per heavy atom. The van der Waals surface area contributed by atoms with Crippen molar-refractivity contribution >= 4 is 11.6 Å². The highest BCUT2D eigenvalue weighted by Gasteiger charge is 2.21. The smallest absolute Gasteiger partial charge is 0.255 e. The molecule has 1 aromatic rings. The van der Waals surface area contributed by atoms with Crippen LogP contribution < -0.4 is 10.6 Å². The molecular weight excluding hydrogens is 240 g/mol. The summed E-state index contributed by atoms with van der Waals surface area (Å²) in [5.74, 6) is -0.0582. The lowest BCUT2D eigenvalue weighted by atomic mass is 10.1. The maximum atomic E-state index is 12.2. The van der Waals surface area contributed by atoms with Crippen molar-refractivity contribution < 1.29 is 4.79 Å². The molecular formula is C14H22N4O. The summed E-state index contributed by atoms with van der Waals surface area (Å²) in [5, 5.41) is 6.05. The quantitative estimate of drug-likeness (QED) is 0.857. The van der Waals surface area contributed by atoms with Crippen molar-refractivity contribution in [1.82, 2.24) is 15.2 Å². The highest BCUT2D eigenvalue weighted by molar-refractivity contribution is 5.99. The topological polar surface area (TPSA) is 57.3 Å². The highest BCUT2D eigenvalue weighted by Crippen LogP contribution is 2.16. The van der Waals surface area contributed by atoms with E-state index in [0.717, 1.165) is 24.3 Å². The molecule has 19 heavy (non-hydrogen) atoms. The average Bonchev–Trinajstić information content (AvgIpc) is 2.81. The molecule has 1 saturated heterocycles. The van der Waals surface area contributed by atoms with Crippen molar-refractivity contribution in [1.29, 1.82) is 0 Å². The first kappa shape index (κ1) is 13.8. The Kier molecular flexibility index (Phi) is 4.37. The van der Waals surface area contributed by atoms with Gasteiger partial charge in [0.05, 0.1) is 11.3 Å². The lowest BCUT2D eigenvalue weighted by Crippen LogP contribution is -2.38. The third-order valence-corrected chi connectivity index (χ3v) is 3.72. The van der Waals surface area contributed by atoms with Crippen molar-refractivity contribution in [2.45, 2.75) is 25.8 Å². The van der Waals surface area contributed by atoms with Crippen LogP contribution in [0.15, 0.2) is 12.3 Å². The molecule has 2 heterocycles. The molecule has 1 aromatic heterocycles. The molecule has 1 aliphatic rings. The largest absolute Gasteiger partial charge is 0.387 e. The molecule has 1 fully saturated rings. The van der Waals surface area contributed by atoms with Gasteiger partial charge < -0.3 is 15.5 Å². The van der Waals surface area contributed by atoms with Crippen molar-refractivity contribution in [3.63, 3.8) is 0 Å². The Bertz CT molecular complexity index is 461. The number of hydrogen-bond donors (Lipinski definition) is 2. The molecule has 1 aliphatic heterocycles. The number of nitrogens with one attached hydrogen (secondary N) is 2. The molecule has 1 amide bonds. The SMILES string of the molecule is CNc1cc(C)ncc1C(=O)NCC1CCCN1C. The van der Waals surface area contributed by atoms with Crippen LogP contribution in [0, 0.1) is 6.92 Å². The van der Waals surface area contributed by atoms with E-state index in [-0.39, 0.29) is 5.91 Å². The summed E-state index contributed by atoms with van der Waals surface area (Å²) in [5.41, 5.74) is 2.33. The summed E-state index contributed by atoms with van der Waals surface area (Å²) in [7, 11) is 3.92. The molecule has 0 aromatic carbocycles. The van der Waals surface area contributed by atoms with Crippen LogP contribution >= 0.6 is 0 Å². The Hall–Kier alpha value is -1.62. The van der Waals surface area contributed by atoms with Gasteiger partial charge in [-0.1, -0.05) is 0 Å². The second kappa shape index (κ2) is 6.02. The highest BCUT2D eigenvalue weighted by atomic mass is 16.1. The van der Waals surface area contributed by atoms with E-state index in [1.165, 1.54) is 6.42 Å². The van der Waals surface area contributed by atoms with Gasteiger partial charge in [-0.05, 0) is 39.4 Å². The standard InChI is InChI=1S/C14H22N4O/c1-10-7-13(15-2)12(9-16-10)14(19)17-8-11-5-4-6-18(11)3/h7,9,11H,4-6,8H2,1-3H3,(H,15,16)(H,17,19). The second-order valence-corrected chi connectivity index (χ2v) is 5.11. The third-order valence-electron chi connectivity index (χ3n) is 3.72. The Morgan fingerprint density at radius 2 is 2.37 bits per heavy atom. The van der Waals surface area contributed by atoms with Crippen molar-refractivity contribution in [2.75, 3.05) is 32.5 Å². The number of anilines is 1. The van der Waals surface area contributed by atoms with Crippen LogP contribution in [-0.2, 0) is 0 Å². The fourth-order valence-corrected chi connectivity index (χ4v) is 2.49. The summed E-state index contributed by atoms with van der Waals surface area (Å²) < 4.78 is 0.